The minimum absolute atomic E-state index is 0.0454. The van der Waals surface area contributed by atoms with Gasteiger partial charge in [0.05, 0.1) is 32.4 Å². The minimum Gasteiger partial charge on any atom is -0.507 e. The molecule has 1 fully saturated rings. The lowest BCUT2D eigenvalue weighted by Gasteiger charge is -2.26. The number of Topliss-reactive ketones (excluding diaryl/α,β-unsaturated/α-hetero) is 1. The zero-order chi connectivity index (χ0) is 26.0. The quantitative estimate of drug-likeness (QED) is 0.282. The fourth-order valence-corrected chi connectivity index (χ4v) is 4.68. The summed E-state index contributed by atoms with van der Waals surface area (Å²) in [5, 5.41) is 11.6. The number of methoxy groups -OCH3 is 2. The molecule has 3 aromatic rings. The molecule has 1 atom stereocenters. The maximum atomic E-state index is 13.4. The number of aryl methyl sites for hydroxylation is 1. The summed E-state index contributed by atoms with van der Waals surface area (Å²) in [5.74, 6) is -0.178. The average molecular weight is 487 g/mol. The Bertz CT molecular complexity index is 1330. The number of aromatic nitrogens is 1. The van der Waals surface area contributed by atoms with E-state index in [0.29, 0.717) is 22.6 Å². The van der Waals surface area contributed by atoms with Gasteiger partial charge in [0.2, 0.25) is 0 Å². The molecule has 4 rings (SSSR count). The largest absolute Gasteiger partial charge is 0.507 e. The second-order valence-corrected chi connectivity index (χ2v) is 9.08. The van der Waals surface area contributed by atoms with Gasteiger partial charge in [-0.1, -0.05) is 32.0 Å². The lowest BCUT2D eigenvalue weighted by atomic mass is 9.91. The summed E-state index contributed by atoms with van der Waals surface area (Å²) >= 11 is 0. The average Bonchev–Trinajstić information content (AvgIpc) is 3.13. The maximum Gasteiger partial charge on any atom is 0.295 e. The van der Waals surface area contributed by atoms with Crippen molar-refractivity contribution in [1.29, 1.82) is 0 Å². The van der Waals surface area contributed by atoms with Crippen LogP contribution in [0.2, 0.25) is 0 Å². The Morgan fingerprint density at radius 1 is 1.03 bits per heavy atom. The van der Waals surface area contributed by atoms with Gasteiger partial charge in [-0.15, -0.1) is 0 Å². The van der Waals surface area contributed by atoms with Crippen LogP contribution in [0.5, 0.6) is 11.5 Å². The van der Waals surface area contributed by atoms with E-state index in [1.165, 1.54) is 4.90 Å². The van der Waals surface area contributed by atoms with Gasteiger partial charge >= 0.3 is 0 Å². The highest BCUT2D eigenvalue weighted by atomic mass is 16.5. The Balaban J connectivity index is 1.91. The van der Waals surface area contributed by atoms with Gasteiger partial charge in [-0.25, -0.2) is 0 Å². The number of carbonyl (C=O) groups is 2. The lowest BCUT2D eigenvalue weighted by Crippen LogP contribution is -2.29. The topological polar surface area (TPSA) is 89.0 Å². The normalized spacial score (nSPS) is 17.1. The molecule has 186 valence electrons. The van der Waals surface area contributed by atoms with Crippen LogP contribution in [0.4, 0.5) is 0 Å². The van der Waals surface area contributed by atoms with E-state index in [9.17, 15) is 14.7 Å². The van der Waals surface area contributed by atoms with Gasteiger partial charge in [0, 0.05) is 23.5 Å². The minimum atomic E-state index is -0.790. The van der Waals surface area contributed by atoms with Crippen LogP contribution in [0.3, 0.4) is 0 Å². The number of carbonyl (C=O) groups excluding carboxylic acids is 2. The highest BCUT2D eigenvalue weighted by molar-refractivity contribution is 6.46. The number of benzene rings is 2. The van der Waals surface area contributed by atoms with Crippen molar-refractivity contribution >= 4 is 17.4 Å². The molecular weight excluding hydrogens is 456 g/mol. The first-order valence-corrected chi connectivity index (χ1v) is 11.8. The first kappa shape index (κ1) is 25.0. The molecule has 0 aliphatic carbocycles. The number of ether oxygens (including phenoxy) is 2. The fourth-order valence-electron chi connectivity index (χ4n) is 4.68. The van der Waals surface area contributed by atoms with Crippen LogP contribution in [-0.2, 0) is 16.1 Å². The van der Waals surface area contributed by atoms with Crippen LogP contribution in [0, 0.1) is 6.92 Å². The van der Waals surface area contributed by atoms with Crippen molar-refractivity contribution in [2.24, 2.45) is 0 Å². The van der Waals surface area contributed by atoms with E-state index in [2.05, 4.69) is 4.98 Å². The maximum absolute atomic E-state index is 13.4. The molecule has 1 saturated heterocycles. The van der Waals surface area contributed by atoms with Crippen molar-refractivity contribution in [3.05, 3.63) is 94.3 Å². The third-order valence-electron chi connectivity index (χ3n) is 6.55. The Morgan fingerprint density at radius 3 is 2.33 bits per heavy atom. The van der Waals surface area contributed by atoms with E-state index < -0.39 is 17.7 Å². The number of amides is 1. The van der Waals surface area contributed by atoms with Crippen LogP contribution >= 0.6 is 0 Å². The number of pyridine rings is 1. The van der Waals surface area contributed by atoms with Crippen molar-refractivity contribution < 1.29 is 24.2 Å². The van der Waals surface area contributed by atoms with Gasteiger partial charge in [-0.05, 0) is 59.9 Å². The van der Waals surface area contributed by atoms with E-state index in [1.54, 1.807) is 38.7 Å². The third-order valence-corrected chi connectivity index (χ3v) is 6.55. The number of para-hydroxylation sites is 1. The van der Waals surface area contributed by atoms with Crippen LogP contribution in [-0.4, -0.2) is 40.9 Å². The Labute approximate surface area is 211 Å². The molecule has 7 heteroatoms. The molecule has 1 aliphatic heterocycles. The van der Waals surface area contributed by atoms with Crippen LogP contribution in [0.25, 0.3) is 5.76 Å². The standard InChI is InChI=1S/C29H30N2O5/c1-17(2)21-15-22(18(3)14-24(21)36-5)27(32)25-26(19-10-12-30-13-11-19)31(29(34)28(25)33)16-20-8-6-7-9-23(20)35-4/h6-15,17,26,32H,16H2,1-5H3/b27-25+. The number of nitrogens with zero attached hydrogens (tertiary/aromatic N) is 2. The summed E-state index contributed by atoms with van der Waals surface area (Å²) in [7, 11) is 3.17. The summed E-state index contributed by atoms with van der Waals surface area (Å²) in [6, 6.07) is 13.7. The molecule has 36 heavy (non-hydrogen) atoms. The molecule has 1 N–H and O–H groups in total. The van der Waals surface area contributed by atoms with Crippen LogP contribution < -0.4 is 9.47 Å². The number of likely N-dealkylation sites (tertiary alicyclic amines) is 1. The lowest BCUT2D eigenvalue weighted by molar-refractivity contribution is -0.140. The van der Waals surface area contributed by atoms with Crippen LogP contribution in [0.1, 0.15) is 53.6 Å². The van der Waals surface area contributed by atoms with Crippen molar-refractivity contribution in [3.8, 4) is 11.5 Å². The highest BCUT2D eigenvalue weighted by Gasteiger charge is 2.46. The van der Waals surface area contributed by atoms with Crippen molar-refractivity contribution in [2.75, 3.05) is 14.2 Å². The summed E-state index contributed by atoms with van der Waals surface area (Å²) in [6.07, 6.45) is 3.21. The molecule has 2 heterocycles. The van der Waals surface area contributed by atoms with Crippen molar-refractivity contribution in [3.63, 3.8) is 0 Å². The number of aliphatic hydroxyl groups is 1. The monoisotopic (exact) mass is 486 g/mol. The van der Waals surface area contributed by atoms with E-state index in [1.807, 2.05) is 57.2 Å². The summed E-state index contributed by atoms with van der Waals surface area (Å²) in [6.45, 7) is 6.03. The second kappa shape index (κ2) is 10.2. The molecule has 1 unspecified atom stereocenters. The summed E-state index contributed by atoms with van der Waals surface area (Å²) in [4.78, 5) is 32.3. The molecule has 0 spiro atoms. The zero-order valence-corrected chi connectivity index (χ0v) is 21.1. The van der Waals surface area contributed by atoms with Crippen molar-refractivity contribution in [2.45, 2.75) is 39.3 Å². The van der Waals surface area contributed by atoms with Crippen molar-refractivity contribution in [1.82, 2.24) is 9.88 Å². The zero-order valence-electron chi connectivity index (χ0n) is 21.1. The molecule has 0 bridgehead atoms. The van der Waals surface area contributed by atoms with Gasteiger partial charge in [0.1, 0.15) is 17.3 Å². The molecule has 1 amide bonds. The third kappa shape index (κ3) is 4.44. The van der Waals surface area contributed by atoms with E-state index in [0.717, 1.165) is 16.7 Å². The Hall–Kier alpha value is -4.13. The van der Waals surface area contributed by atoms with Crippen LogP contribution in [0.15, 0.2) is 66.5 Å². The summed E-state index contributed by atoms with van der Waals surface area (Å²) < 4.78 is 11.0. The molecule has 0 radical (unpaired) electrons. The molecule has 1 aliphatic rings. The predicted octanol–water partition coefficient (Wildman–Crippen LogP) is 5.15. The number of hydrogen-bond donors (Lipinski definition) is 1. The first-order chi connectivity index (χ1) is 17.3. The van der Waals surface area contributed by atoms with Gasteiger partial charge < -0.3 is 19.5 Å². The Morgan fingerprint density at radius 2 is 1.69 bits per heavy atom. The van der Waals surface area contributed by atoms with E-state index in [4.69, 9.17) is 9.47 Å². The van der Waals surface area contributed by atoms with E-state index >= 15 is 0 Å². The van der Waals surface area contributed by atoms with Gasteiger partial charge in [0.15, 0.2) is 0 Å². The number of ketones is 1. The first-order valence-electron chi connectivity index (χ1n) is 11.8. The number of rotatable bonds is 7. The molecule has 1 aromatic heterocycles. The van der Waals surface area contributed by atoms with Gasteiger partial charge in [-0.3, -0.25) is 14.6 Å². The summed E-state index contributed by atoms with van der Waals surface area (Å²) in [5.41, 5.74) is 3.60. The number of hydrogen-bond acceptors (Lipinski definition) is 6. The molecule has 0 saturated carbocycles. The van der Waals surface area contributed by atoms with Gasteiger partial charge in [0.25, 0.3) is 11.7 Å². The number of aliphatic hydroxyl groups excluding tert-OH is 1. The fraction of sp³-hybridized carbons (Fsp3) is 0.276. The predicted molar refractivity (Wildman–Crippen MR) is 137 cm³/mol. The SMILES string of the molecule is COc1ccccc1CN1C(=O)C(=O)/C(=C(/O)c2cc(C(C)C)c(OC)cc2C)C1c1ccncc1. The molecule has 2 aromatic carbocycles. The highest BCUT2D eigenvalue weighted by Crippen LogP contribution is 2.42. The smallest absolute Gasteiger partial charge is 0.295 e. The molecular formula is C29H30N2O5. The molecule has 7 nitrogen and oxygen atoms in total. The van der Waals surface area contributed by atoms with E-state index in [-0.39, 0.29) is 23.8 Å². The second-order valence-electron chi connectivity index (χ2n) is 9.08. The van der Waals surface area contributed by atoms with Gasteiger partial charge in [-0.2, -0.15) is 0 Å². The Kier molecular flexibility index (Phi) is 7.10.